The summed E-state index contributed by atoms with van der Waals surface area (Å²) in [5, 5.41) is 4.68. The fraction of sp³-hybridized carbons (Fsp3) is 0.524. The molecule has 0 atom stereocenters. The van der Waals surface area contributed by atoms with Crippen LogP contribution >= 0.6 is 0 Å². The van der Waals surface area contributed by atoms with Crippen molar-refractivity contribution >= 4 is 5.91 Å². The molecule has 1 aromatic heterocycles. The van der Waals surface area contributed by atoms with Crippen molar-refractivity contribution in [1.82, 2.24) is 19.6 Å². The zero-order chi connectivity index (χ0) is 19.7. The minimum Gasteiger partial charge on any atom is -0.376 e. The number of hydrogen-bond acceptors (Lipinski definition) is 4. The van der Waals surface area contributed by atoms with Gasteiger partial charge >= 0.3 is 0 Å². The first kappa shape index (κ1) is 19.1. The molecule has 0 aliphatic carbocycles. The van der Waals surface area contributed by atoms with E-state index in [4.69, 9.17) is 4.74 Å². The number of benzene rings is 1. The Kier molecular flexibility index (Phi) is 5.46. The van der Waals surface area contributed by atoms with Gasteiger partial charge in [0.25, 0.3) is 5.91 Å². The van der Waals surface area contributed by atoms with E-state index in [9.17, 15) is 9.18 Å². The highest BCUT2D eigenvalue weighted by Crippen LogP contribution is 2.24. The molecule has 1 aromatic carbocycles. The van der Waals surface area contributed by atoms with Crippen molar-refractivity contribution in [2.75, 3.05) is 32.8 Å². The van der Waals surface area contributed by atoms with E-state index in [1.807, 2.05) is 9.58 Å². The lowest BCUT2D eigenvalue weighted by molar-refractivity contribution is 0.0580. The highest BCUT2D eigenvalue weighted by atomic mass is 19.1. The molecule has 1 fully saturated rings. The van der Waals surface area contributed by atoms with Crippen LogP contribution < -0.4 is 0 Å². The van der Waals surface area contributed by atoms with E-state index < -0.39 is 0 Å². The summed E-state index contributed by atoms with van der Waals surface area (Å²) >= 11 is 0. The van der Waals surface area contributed by atoms with Gasteiger partial charge in [-0.15, -0.1) is 0 Å². The molecule has 2 aromatic rings. The zero-order valence-corrected chi connectivity index (χ0v) is 16.5. The van der Waals surface area contributed by atoms with Crippen molar-refractivity contribution in [1.29, 1.82) is 0 Å². The van der Waals surface area contributed by atoms with Crippen LogP contribution in [-0.2, 0) is 24.3 Å². The van der Waals surface area contributed by atoms with Crippen molar-refractivity contribution in [2.45, 2.75) is 39.5 Å². The van der Waals surface area contributed by atoms with Crippen molar-refractivity contribution in [3.63, 3.8) is 0 Å². The molecule has 28 heavy (non-hydrogen) atoms. The smallest absolute Gasteiger partial charge is 0.274 e. The van der Waals surface area contributed by atoms with Crippen molar-refractivity contribution < 1.29 is 13.9 Å². The lowest BCUT2D eigenvalue weighted by Crippen LogP contribution is -2.50. The molecule has 0 spiro atoms. The predicted molar refractivity (Wildman–Crippen MR) is 104 cm³/mol. The second-order valence-electron chi connectivity index (χ2n) is 7.78. The second-order valence-corrected chi connectivity index (χ2v) is 7.78. The molecule has 0 saturated carbocycles. The Morgan fingerprint density at radius 2 is 1.89 bits per heavy atom. The van der Waals surface area contributed by atoms with E-state index in [-0.39, 0.29) is 11.7 Å². The SMILES string of the molecule is CC(C)N1CCN(C(=O)c2nn(Cc3ccc(F)cc3)c3c2COCC3)CC1. The molecule has 1 saturated heterocycles. The number of nitrogens with zero attached hydrogens (tertiary/aromatic N) is 4. The summed E-state index contributed by atoms with van der Waals surface area (Å²) in [7, 11) is 0. The normalized spacial score (nSPS) is 17.8. The molecule has 1 amide bonds. The molecule has 2 aliphatic heterocycles. The Hall–Kier alpha value is -2.25. The summed E-state index contributed by atoms with van der Waals surface area (Å²) in [6, 6.07) is 6.92. The van der Waals surface area contributed by atoms with Gasteiger partial charge in [-0.2, -0.15) is 5.10 Å². The molecular weight excluding hydrogens is 359 g/mol. The number of piperazine rings is 1. The number of rotatable bonds is 4. The van der Waals surface area contributed by atoms with Crippen LogP contribution in [0.1, 0.15) is 41.2 Å². The van der Waals surface area contributed by atoms with Gasteiger partial charge < -0.3 is 9.64 Å². The Balaban J connectivity index is 1.56. The highest BCUT2D eigenvalue weighted by molar-refractivity contribution is 5.94. The summed E-state index contributed by atoms with van der Waals surface area (Å²) in [4.78, 5) is 17.5. The van der Waals surface area contributed by atoms with E-state index in [2.05, 4.69) is 23.8 Å². The standard InChI is InChI=1S/C21H27FN4O2/c1-15(2)24-8-10-25(11-9-24)21(27)20-18-14-28-12-7-19(18)26(23-20)13-16-3-5-17(22)6-4-16/h3-6,15H,7-14H2,1-2H3. The van der Waals surface area contributed by atoms with E-state index >= 15 is 0 Å². The Morgan fingerprint density at radius 3 is 2.57 bits per heavy atom. The first-order chi connectivity index (χ1) is 13.5. The number of ether oxygens (including phenoxy) is 1. The molecule has 0 N–H and O–H groups in total. The molecule has 3 heterocycles. The number of amides is 1. The molecule has 6 nitrogen and oxygen atoms in total. The molecule has 0 bridgehead atoms. The number of aromatic nitrogens is 2. The van der Waals surface area contributed by atoms with Crippen LogP contribution in [-0.4, -0.2) is 64.3 Å². The molecule has 0 unspecified atom stereocenters. The number of halogens is 1. The maximum absolute atomic E-state index is 13.2. The van der Waals surface area contributed by atoms with E-state index in [1.165, 1.54) is 12.1 Å². The van der Waals surface area contributed by atoms with Gasteiger partial charge in [0.2, 0.25) is 0 Å². The van der Waals surface area contributed by atoms with Crippen LogP contribution in [0.4, 0.5) is 4.39 Å². The van der Waals surface area contributed by atoms with Gasteiger partial charge in [-0.1, -0.05) is 12.1 Å². The van der Waals surface area contributed by atoms with Gasteiger partial charge in [0, 0.05) is 49.9 Å². The van der Waals surface area contributed by atoms with E-state index in [0.717, 1.165) is 49.4 Å². The van der Waals surface area contributed by atoms with Crippen LogP contribution in [0.3, 0.4) is 0 Å². The third-order valence-corrected chi connectivity index (χ3v) is 5.68. The van der Waals surface area contributed by atoms with Crippen molar-refractivity contribution in [2.24, 2.45) is 0 Å². The average molecular weight is 386 g/mol. The summed E-state index contributed by atoms with van der Waals surface area (Å²) in [6.45, 7) is 9.15. The highest BCUT2D eigenvalue weighted by Gasteiger charge is 2.30. The third kappa shape index (κ3) is 3.82. The van der Waals surface area contributed by atoms with Crippen molar-refractivity contribution in [3.05, 3.63) is 52.6 Å². The largest absolute Gasteiger partial charge is 0.376 e. The van der Waals surface area contributed by atoms with E-state index in [1.54, 1.807) is 12.1 Å². The summed E-state index contributed by atoms with van der Waals surface area (Å²) in [5.41, 5.74) is 3.43. The topological polar surface area (TPSA) is 50.6 Å². The van der Waals surface area contributed by atoms with Gasteiger partial charge in [-0.3, -0.25) is 14.4 Å². The van der Waals surface area contributed by atoms with Gasteiger partial charge in [-0.25, -0.2) is 4.39 Å². The average Bonchev–Trinajstić information content (AvgIpc) is 3.08. The summed E-state index contributed by atoms with van der Waals surface area (Å²) in [6.07, 6.45) is 0.734. The van der Waals surface area contributed by atoms with Crippen LogP contribution in [0.2, 0.25) is 0 Å². The summed E-state index contributed by atoms with van der Waals surface area (Å²) < 4.78 is 20.7. The fourth-order valence-electron chi connectivity index (χ4n) is 3.97. The maximum Gasteiger partial charge on any atom is 0.274 e. The summed E-state index contributed by atoms with van der Waals surface area (Å²) in [5.74, 6) is -0.265. The minimum absolute atomic E-state index is 0.0111. The molecule has 4 rings (SSSR count). The quantitative estimate of drug-likeness (QED) is 0.809. The number of carbonyl (C=O) groups excluding carboxylic acids is 1. The monoisotopic (exact) mass is 386 g/mol. The molecular formula is C21H27FN4O2. The Bertz CT molecular complexity index is 839. The van der Waals surface area contributed by atoms with Crippen LogP contribution in [0.15, 0.2) is 24.3 Å². The Labute approximate surface area is 164 Å². The van der Waals surface area contributed by atoms with Gasteiger partial charge in [0.05, 0.1) is 19.8 Å². The first-order valence-electron chi connectivity index (χ1n) is 9.97. The zero-order valence-electron chi connectivity index (χ0n) is 16.5. The molecule has 2 aliphatic rings. The molecule has 7 heteroatoms. The molecule has 150 valence electrons. The maximum atomic E-state index is 13.2. The van der Waals surface area contributed by atoms with Crippen LogP contribution in [0.5, 0.6) is 0 Å². The van der Waals surface area contributed by atoms with Gasteiger partial charge in [0.15, 0.2) is 5.69 Å². The number of hydrogen-bond donors (Lipinski definition) is 0. The van der Waals surface area contributed by atoms with Crippen LogP contribution in [0.25, 0.3) is 0 Å². The molecule has 0 radical (unpaired) electrons. The van der Waals surface area contributed by atoms with Gasteiger partial charge in [-0.05, 0) is 31.5 Å². The van der Waals surface area contributed by atoms with Crippen molar-refractivity contribution in [3.8, 4) is 0 Å². The number of carbonyl (C=O) groups is 1. The lowest BCUT2D eigenvalue weighted by atomic mass is 10.1. The second kappa shape index (κ2) is 8.01. The first-order valence-corrected chi connectivity index (χ1v) is 9.97. The third-order valence-electron chi connectivity index (χ3n) is 5.68. The fourth-order valence-corrected chi connectivity index (χ4v) is 3.97. The van der Waals surface area contributed by atoms with Crippen LogP contribution in [0, 0.1) is 5.82 Å². The Morgan fingerprint density at radius 1 is 1.18 bits per heavy atom. The minimum atomic E-state index is -0.254. The van der Waals surface area contributed by atoms with Gasteiger partial charge in [0.1, 0.15) is 5.82 Å². The lowest BCUT2D eigenvalue weighted by Gasteiger charge is -2.36. The predicted octanol–water partition coefficient (Wildman–Crippen LogP) is 2.31. The number of fused-ring (bicyclic) bond motifs is 1. The van der Waals surface area contributed by atoms with E-state index in [0.29, 0.717) is 31.5 Å².